The van der Waals surface area contributed by atoms with E-state index in [1.165, 1.54) is 0 Å². The van der Waals surface area contributed by atoms with Crippen LogP contribution in [0.1, 0.15) is 11.1 Å². The van der Waals surface area contributed by atoms with Crippen LogP contribution < -0.4 is 4.74 Å². The molecule has 0 heterocycles. The van der Waals surface area contributed by atoms with Crippen molar-refractivity contribution >= 4 is 5.91 Å². The summed E-state index contributed by atoms with van der Waals surface area (Å²) < 4.78 is 5.85. The number of para-hydroxylation sites is 1. The maximum absolute atomic E-state index is 12.4. The molecule has 0 saturated carbocycles. The van der Waals surface area contributed by atoms with Crippen molar-refractivity contribution in [2.45, 2.75) is 13.0 Å². The van der Waals surface area contributed by atoms with Crippen LogP contribution in [0.15, 0.2) is 84.9 Å². The molecule has 3 rings (SSSR count). The van der Waals surface area contributed by atoms with Gasteiger partial charge in [-0.2, -0.15) is 0 Å². The minimum atomic E-state index is 0.0978. The summed E-state index contributed by atoms with van der Waals surface area (Å²) in [6.45, 7) is 0.553. The average Bonchev–Trinajstić information content (AvgIpc) is 2.63. The van der Waals surface area contributed by atoms with Crippen LogP contribution in [-0.2, 0) is 17.8 Å². The van der Waals surface area contributed by atoms with E-state index in [9.17, 15) is 4.79 Å². The average molecular weight is 331 g/mol. The maximum Gasteiger partial charge on any atom is 0.227 e. The van der Waals surface area contributed by atoms with Crippen molar-refractivity contribution < 1.29 is 9.53 Å². The summed E-state index contributed by atoms with van der Waals surface area (Å²) in [5, 5.41) is 0. The molecule has 126 valence electrons. The Hall–Kier alpha value is -3.07. The van der Waals surface area contributed by atoms with Crippen LogP contribution in [0.25, 0.3) is 0 Å². The summed E-state index contributed by atoms with van der Waals surface area (Å²) in [5.74, 6) is 1.67. The molecule has 3 aromatic rings. The Morgan fingerprint density at radius 1 is 0.800 bits per heavy atom. The Kier molecular flexibility index (Phi) is 5.47. The van der Waals surface area contributed by atoms with Crippen molar-refractivity contribution in [2.24, 2.45) is 0 Å². The number of amides is 1. The molecule has 0 N–H and O–H groups in total. The number of benzene rings is 3. The molecular weight excluding hydrogens is 310 g/mol. The van der Waals surface area contributed by atoms with Crippen LogP contribution in [-0.4, -0.2) is 17.9 Å². The molecule has 0 aliphatic rings. The van der Waals surface area contributed by atoms with Gasteiger partial charge in [0.05, 0.1) is 6.42 Å². The highest BCUT2D eigenvalue weighted by molar-refractivity contribution is 5.78. The van der Waals surface area contributed by atoms with E-state index in [-0.39, 0.29) is 5.91 Å². The van der Waals surface area contributed by atoms with Gasteiger partial charge < -0.3 is 9.64 Å². The van der Waals surface area contributed by atoms with Crippen molar-refractivity contribution in [1.82, 2.24) is 4.90 Å². The quantitative estimate of drug-likeness (QED) is 0.656. The number of carbonyl (C=O) groups is 1. The number of carbonyl (C=O) groups excluding carboxylic acids is 1. The third-order valence-corrected chi connectivity index (χ3v) is 3.92. The largest absolute Gasteiger partial charge is 0.457 e. The Morgan fingerprint density at radius 3 is 2.12 bits per heavy atom. The summed E-state index contributed by atoms with van der Waals surface area (Å²) in [7, 11) is 1.83. The minimum Gasteiger partial charge on any atom is -0.457 e. The normalized spacial score (nSPS) is 10.3. The van der Waals surface area contributed by atoms with E-state index >= 15 is 0 Å². The Morgan fingerprint density at radius 2 is 1.40 bits per heavy atom. The topological polar surface area (TPSA) is 29.5 Å². The summed E-state index contributed by atoms with van der Waals surface area (Å²) in [6, 6.07) is 27.3. The SMILES string of the molecule is CN(Cc1cccc(Oc2ccccc2)c1)C(=O)Cc1ccccc1. The van der Waals surface area contributed by atoms with Crippen LogP contribution in [0.2, 0.25) is 0 Å². The standard InChI is InChI=1S/C22H21NO2/c1-23(22(24)16-18-9-4-2-5-10-18)17-19-11-8-14-21(15-19)25-20-12-6-3-7-13-20/h2-15H,16-17H2,1H3. The third-order valence-electron chi connectivity index (χ3n) is 3.92. The molecule has 0 atom stereocenters. The number of nitrogens with zero attached hydrogens (tertiary/aromatic N) is 1. The van der Waals surface area contributed by atoms with Gasteiger partial charge in [0.2, 0.25) is 5.91 Å². The molecule has 0 radical (unpaired) electrons. The van der Waals surface area contributed by atoms with Gasteiger partial charge in [0.15, 0.2) is 0 Å². The Bertz CT molecular complexity index is 816. The van der Waals surface area contributed by atoms with E-state index in [2.05, 4.69) is 0 Å². The van der Waals surface area contributed by atoms with Gasteiger partial charge in [-0.25, -0.2) is 0 Å². The summed E-state index contributed by atoms with van der Waals surface area (Å²) in [4.78, 5) is 14.1. The second kappa shape index (κ2) is 8.15. The second-order valence-electron chi connectivity index (χ2n) is 5.97. The molecule has 0 aliphatic carbocycles. The number of likely N-dealkylation sites (N-methyl/N-ethyl adjacent to an activating group) is 1. The summed E-state index contributed by atoms with van der Waals surface area (Å²) in [5.41, 5.74) is 2.07. The van der Waals surface area contributed by atoms with Gasteiger partial charge in [0.25, 0.3) is 0 Å². The molecule has 0 fully saturated rings. The number of hydrogen-bond acceptors (Lipinski definition) is 2. The molecule has 0 saturated heterocycles. The van der Waals surface area contributed by atoms with Gasteiger partial charge in [-0.1, -0.05) is 60.7 Å². The minimum absolute atomic E-state index is 0.0978. The first-order chi connectivity index (χ1) is 12.2. The maximum atomic E-state index is 12.4. The van der Waals surface area contributed by atoms with Gasteiger partial charge in [-0.3, -0.25) is 4.79 Å². The van der Waals surface area contributed by atoms with E-state index in [1.54, 1.807) is 4.90 Å². The molecule has 1 amide bonds. The van der Waals surface area contributed by atoms with Crippen molar-refractivity contribution in [2.75, 3.05) is 7.05 Å². The highest BCUT2D eigenvalue weighted by atomic mass is 16.5. The van der Waals surface area contributed by atoms with Gasteiger partial charge in [0, 0.05) is 13.6 Å². The van der Waals surface area contributed by atoms with E-state index in [0.29, 0.717) is 13.0 Å². The van der Waals surface area contributed by atoms with Crippen molar-refractivity contribution in [3.63, 3.8) is 0 Å². The first-order valence-electron chi connectivity index (χ1n) is 8.30. The zero-order valence-electron chi connectivity index (χ0n) is 14.3. The summed E-state index contributed by atoms with van der Waals surface area (Å²) >= 11 is 0. The molecule has 0 bridgehead atoms. The first kappa shape index (κ1) is 16.8. The van der Waals surface area contributed by atoms with Crippen molar-refractivity contribution in [1.29, 1.82) is 0 Å². The number of rotatable bonds is 6. The van der Waals surface area contributed by atoms with Crippen LogP contribution >= 0.6 is 0 Å². The number of ether oxygens (including phenoxy) is 1. The van der Waals surface area contributed by atoms with Gasteiger partial charge >= 0.3 is 0 Å². The Balaban J connectivity index is 1.62. The monoisotopic (exact) mass is 331 g/mol. The second-order valence-corrected chi connectivity index (χ2v) is 5.97. The van der Waals surface area contributed by atoms with Gasteiger partial charge in [-0.15, -0.1) is 0 Å². The smallest absolute Gasteiger partial charge is 0.227 e. The lowest BCUT2D eigenvalue weighted by molar-refractivity contribution is -0.129. The lowest BCUT2D eigenvalue weighted by Crippen LogP contribution is -2.27. The molecule has 3 aromatic carbocycles. The highest BCUT2D eigenvalue weighted by Gasteiger charge is 2.10. The van der Waals surface area contributed by atoms with Gasteiger partial charge in [-0.05, 0) is 35.4 Å². The molecule has 0 aromatic heterocycles. The van der Waals surface area contributed by atoms with Crippen LogP contribution in [0, 0.1) is 0 Å². The van der Waals surface area contributed by atoms with Crippen molar-refractivity contribution in [3.05, 3.63) is 96.1 Å². The molecular formula is C22H21NO2. The number of hydrogen-bond donors (Lipinski definition) is 0. The zero-order valence-corrected chi connectivity index (χ0v) is 14.3. The van der Waals surface area contributed by atoms with Crippen molar-refractivity contribution in [3.8, 4) is 11.5 Å². The fourth-order valence-electron chi connectivity index (χ4n) is 2.60. The van der Waals surface area contributed by atoms with E-state index < -0.39 is 0 Å². The third kappa shape index (κ3) is 4.95. The van der Waals surface area contributed by atoms with E-state index in [0.717, 1.165) is 22.6 Å². The first-order valence-corrected chi connectivity index (χ1v) is 8.30. The van der Waals surface area contributed by atoms with Crippen LogP contribution in [0.3, 0.4) is 0 Å². The molecule has 0 spiro atoms. The molecule has 3 nitrogen and oxygen atoms in total. The highest BCUT2D eigenvalue weighted by Crippen LogP contribution is 2.22. The van der Waals surface area contributed by atoms with Gasteiger partial charge in [0.1, 0.15) is 11.5 Å². The predicted octanol–water partition coefficient (Wildman–Crippen LogP) is 4.68. The van der Waals surface area contributed by atoms with Crippen LogP contribution in [0.5, 0.6) is 11.5 Å². The molecule has 3 heteroatoms. The Labute approximate surface area is 148 Å². The molecule has 25 heavy (non-hydrogen) atoms. The summed E-state index contributed by atoms with van der Waals surface area (Å²) in [6.07, 6.45) is 0.414. The lowest BCUT2D eigenvalue weighted by Gasteiger charge is -2.18. The fourth-order valence-corrected chi connectivity index (χ4v) is 2.60. The zero-order chi connectivity index (χ0) is 17.5. The van der Waals surface area contributed by atoms with Crippen LogP contribution in [0.4, 0.5) is 0 Å². The van der Waals surface area contributed by atoms with E-state index in [4.69, 9.17) is 4.74 Å². The fraction of sp³-hybridized carbons (Fsp3) is 0.136. The molecule has 0 unspecified atom stereocenters. The predicted molar refractivity (Wildman–Crippen MR) is 99.6 cm³/mol. The van der Waals surface area contributed by atoms with E-state index in [1.807, 2.05) is 92.0 Å². The lowest BCUT2D eigenvalue weighted by atomic mass is 10.1. The molecule has 0 aliphatic heterocycles.